The summed E-state index contributed by atoms with van der Waals surface area (Å²) in [5, 5.41) is 4.07. The van der Waals surface area contributed by atoms with Gasteiger partial charge in [-0.25, -0.2) is 4.98 Å². The fourth-order valence-electron chi connectivity index (χ4n) is 2.59. The lowest BCUT2D eigenvalue weighted by atomic mass is 10.1. The van der Waals surface area contributed by atoms with Gasteiger partial charge in [0.05, 0.1) is 19.4 Å². The van der Waals surface area contributed by atoms with Crippen LogP contribution in [0.3, 0.4) is 0 Å². The molecule has 5 nitrogen and oxygen atoms in total. The Morgan fingerprint density at radius 3 is 2.19 bits per heavy atom. The molecule has 8 heteroatoms. The number of rotatable bonds is 10. The van der Waals surface area contributed by atoms with Gasteiger partial charge in [-0.15, -0.1) is 0 Å². The molecule has 0 bridgehead atoms. The van der Waals surface area contributed by atoms with Crippen LogP contribution in [0.25, 0.3) is 0 Å². The highest BCUT2D eigenvalue weighted by Crippen LogP contribution is 2.50. The van der Waals surface area contributed by atoms with E-state index in [1.165, 1.54) is 0 Å². The largest absolute Gasteiger partial charge is 0.332 e. The molecule has 1 heterocycles. The maximum atomic E-state index is 13.0. The summed E-state index contributed by atoms with van der Waals surface area (Å²) >= 11 is 11.9. The predicted octanol–water partition coefficient (Wildman–Crippen LogP) is 5.49. The minimum atomic E-state index is -3.21. The maximum absolute atomic E-state index is 13.0. The smallest absolute Gasteiger partial charge is 0.309 e. The first-order valence-electron chi connectivity index (χ1n) is 8.44. The number of aromatic nitrogens is 1. The Kier molecular flexibility index (Phi) is 8.55. The molecule has 0 radical (unpaired) electrons. The highest BCUT2D eigenvalue weighted by molar-refractivity contribution is 7.53. The first-order valence-corrected chi connectivity index (χ1v) is 10.9. The summed E-state index contributed by atoms with van der Waals surface area (Å²) in [6, 6.07) is 13.0. The van der Waals surface area contributed by atoms with E-state index in [2.05, 4.69) is 10.3 Å². The molecule has 1 atom stereocenters. The fourth-order valence-corrected chi connectivity index (χ4v) is 4.96. The molecule has 0 amide bonds. The minimum Gasteiger partial charge on any atom is -0.309 e. The Morgan fingerprint density at radius 1 is 1.08 bits per heavy atom. The van der Waals surface area contributed by atoms with E-state index < -0.39 is 7.60 Å². The second-order valence-electron chi connectivity index (χ2n) is 5.59. The van der Waals surface area contributed by atoms with Crippen molar-refractivity contribution >= 4 is 30.8 Å². The Balaban J connectivity index is 2.19. The third-order valence-electron chi connectivity index (χ3n) is 3.63. The van der Waals surface area contributed by atoms with Gasteiger partial charge in [-0.3, -0.25) is 4.57 Å². The first-order chi connectivity index (χ1) is 12.5. The zero-order chi connectivity index (χ0) is 19.0. The zero-order valence-corrected chi connectivity index (χ0v) is 17.2. The van der Waals surface area contributed by atoms with Crippen LogP contribution in [0.1, 0.15) is 31.0 Å². The highest BCUT2D eigenvalue weighted by atomic mass is 35.5. The van der Waals surface area contributed by atoms with Gasteiger partial charge in [0.15, 0.2) is 0 Å². The molecule has 0 saturated heterocycles. The van der Waals surface area contributed by atoms with E-state index in [0.717, 1.165) is 11.1 Å². The number of halogens is 2. The molecular weight excluding hydrogens is 394 g/mol. The van der Waals surface area contributed by atoms with E-state index in [4.69, 9.17) is 32.2 Å². The van der Waals surface area contributed by atoms with E-state index in [9.17, 15) is 4.57 Å². The average Bonchev–Trinajstić information content (AvgIpc) is 2.59. The van der Waals surface area contributed by atoms with Crippen LogP contribution in [0, 0.1) is 0 Å². The van der Waals surface area contributed by atoms with Gasteiger partial charge in [0.25, 0.3) is 0 Å². The van der Waals surface area contributed by atoms with Crippen LogP contribution >= 0.6 is 30.8 Å². The molecule has 0 fully saturated rings. The normalized spacial score (nSPS) is 12.9. The number of hydrogen-bond donors (Lipinski definition) is 1. The number of nitrogens with zero attached hydrogens (tertiary/aromatic N) is 1. The molecule has 142 valence electrons. The maximum Gasteiger partial charge on any atom is 0.332 e. The second kappa shape index (κ2) is 10.4. The van der Waals surface area contributed by atoms with Crippen LogP contribution in [0.4, 0.5) is 0 Å². The van der Waals surface area contributed by atoms with Crippen molar-refractivity contribution in [3.63, 3.8) is 0 Å². The van der Waals surface area contributed by atoms with Crippen LogP contribution in [-0.2, 0) is 20.2 Å². The van der Waals surface area contributed by atoms with Crippen LogP contribution in [-0.4, -0.2) is 24.4 Å². The van der Waals surface area contributed by atoms with Gasteiger partial charge in [0.1, 0.15) is 10.3 Å². The van der Waals surface area contributed by atoms with Crippen molar-refractivity contribution in [2.75, 3.05) is 19.4 Å². The first kappa shape index (κ1) is 21.4. The van der Waals surface area contributed by atoms with Crippen LogP contribution in [0.2, 0.25) is 10.3 Å². The van der Waals surface area contributed by atoms with Crippen molar-refractivity contribution in [1.82, 2.24) is 10.3 Å². The van der Waals surface area contributed by atoms with E-state index >= 15 is 0 Å². The number of hydrogen-bond acceptors (Lipinski definition) is 5. The number of nitrogens with one attached hydrogen (secondary N) is 1. The zero-order valence-electron chi connectivity index (χ0n) is 14.8. The van der Waals surface area contributed by atoms with Gasteiger partial charge in [0, 0.05) is 12.6 Å². The van der Waals surface area contributed by atoms with E-state index in [-0.39, 0.29) is 12.2 Å². The van der Waals surface area contributed by atoms with Crippen LogP contribution in [0.5, 0.6) is 0 Å². The van der Waals surface area contributed by atoms with Gasteiger partial charge < -0.3 is 14.4 Å². The molecule has 1 aromatic heterocycles. The van der Waals surface area contributed by atoms with E-state index in [1.54, 1.807) is 26.0 Å². The lowest BCUT2D eigenvalue weighted by Gasteiger charge is -2.24. The van der Waals surface area contributed by atoms with Crippen molar-refractivity contribution in [3.05, 3.63) is 63.9 Å². The summed E-state index contributed by atoms with van der Waals surface area (Å²) in [7, 11) is -3.21. The Hall–Kier alpha value is -0.940. The third kappa shape index (κ3) is 6.66. The molecule has 0 aliphatic rings. The summed E-state index contributed by atoms with van der Waals surface area (Å²) < 4.78 is 23.9. The van der Waals surface area contributed by atoms with E-state index in [0.29, 0.717) is 30.1 Å². The van der Waals surface area contributed by atoms with Crippen molar-refractivity contribution < 1.29 is 13.6 Å². The Bertz CT molecular complexity index is 716. The van der Waals surface area contributed by atoms with Gasteiger partial charge in [-0.1, -0.05) is 53.5 Å². The summed E-state index contributed by atoms with van der Waals surface area (Å²) in [6.45, 7) is 4.75. The quantitative estimate of drug-likeness (QED) is 0.410. The molecule has 1 N–H and O–H groups in total. The molecule has 0 aliphatic heterocycles. The third-order valence-corrected chi connectivity index (χ3v) is 6.14. The van der Waals surface area contributed by atoms with Gasteiger partial charge in [0.2, 0.25) is 0 Å². The van der Waals surface area contributed by atoms with E-state index in [1.807, 2.05) is 30.3 Å². The number of benzene rings is 1. The van der Waals surface area contributed by atoms with Crippen molar-refractivity contribution in [1.29, 1.82) is 0 Å². The summed E-state index contributed by atoms with van der Waals surface area (Å²) in [4.78, 5) is 3.95. The molecule has 26 heavy (non-hydrogen) atoms. The van der Waals surface area contributed by atoms with Crippen LogP contribution < -0.4 is 5.32 Å². The van der Waals surface area contributed by atoms with Crippen molar-refractivity contribution in [2.24, 2.45) is 0 Å². The minimum absolute atomic E-state index is 0.217. The second-order valence-corrected chi connectivity index (χ2v) is 8.47. The fraction of sp³-hybridized carbons (Fsp3) is 0.389. The standard InChI is InChI=1S/C18H23Cl2N2O3P/c1-3-24-26(23,25-4-2)13-16(15-8-6-5-7-9-15)21-12-14-10-17(19)22-18(20)11-14/h5-11,16,21H,3-4,12-13H2,1-2H3. The van der Waals surface area contributed by atoms with Crippen molar-refractivity contribution in [2.45, 2.75) is 26.4 Å². The Morgan fingerprint density at radius 2 is 1.65 bits per heavy atom. The molecule has 0 spiro atoms. The molecule has 1 aromatic carbocycles. The van der Waals surface area contributed by atoms with Gasteiger partial charge >= 0.3 is 7.60 Å². The van der Waals surface area contributed by atoms with Gasteiger partial charge in [-0.05, 0) is 37.1 Å². The molecule has 2 aromatic rings. The summed E-state index contributed by atoms with van der Waals surface area (Å²) in [6.07, 6.45) is 0.227. The highest BCUT2D eigenvalue weighted by Gasteiger charge is 2.29. The summed E-state index contributed by atoms with van der Waals surface area (Å²) in [5.74, 6) is 0. The predicted molar refractivity (Wildman–Crippen MR) is 106 cm³/mol. The lowest BCUT2D eigenvalue weighted by molar-refractivity contribution is 0.217. The van der Waals surface area contributed by atoms with Crippen LogP contribution in [0.15, 0.2) is 42.5 Å². The molecular formula is C18H23Cl2N2O3P. The molecule has 1 unspecified atom stereocenters. The molecule has 2 rings (SSSR count). The van der Waals surface area contributed by atoms with Crippen molar-refractivity contribution in [3.8, 4) is 0 Å². The lowest BCUT2D eigenvalue weighted by Crippen LogP contribution is -2.25. The SMILES string of the molecule is CCOP(=O)(CC(NCc1cc(Cl)nc(Cl)c1)c1ccccc1)OCC. The number of pyridine rings is 1. The molecule has 0 saturated carbocycles. The average molecular weight is 417 g/mol. The van der Waals surface area contributed by atoms with Gasteiger partial charge in [-0.2, -0.15) is 0 Å². The summed E-state index contributed by atoms with van der Waals surface area (Å²) in [5.41, 5.74) is 1.89. The topological polar surface area (TPSA) is 60.5 Å². The Labute approximate surface area is 164 Å². The molecule has 0 aliphatic carbocycles. The monoisotopic (exact) mass is 416 g/mol.